The van der Waals surface area contributed by atoms with Gasteiger partial charge in [0.2, 0.25) is 10.0 Å². The largest absolute Gasteiger partial charge is 0.324 e. The van der Waals surface area contributed by atoms with Gasteiger partial charge in [-0.1, -0.05) is 13.0 Å². The second-order valence-electron chi connectivity index (χ2n) is 4.06. The topological polar surface area (TPSA) is 51.1 Å². The Kier molecular flexibility index (Phi) is 3.72. The molecule has 0 saturated carbocycles. The molecule has 2 aromatic rings. The van der Waals surface area contributed by atoms with Crippen molar-refractivity contribution in [3.8, 4) is 5.69 Å². The first kappa shape index (κ1) is 12.7. The van der Waals surface area contributed by atoms with Crippen LogP contribution >= 0.6 is 0 Å². The third kappa shape index (κ3) is 3.13. The fourth-order valence-electron chi connectivity index (χ4n) is 1.74. The number of aromatic nitrogens is 1. The maximum Gasteiger partial charge on any atom is 0.232 e. The van der Waals surface area contributed by atoms with Crippen molar-refractivity contribution in [2.75, 3.05) is 10.5 Å². The summed E-state index contributed by atoms with van der Waals surface area (Å²) in [5.74, 6) is 0.140. The van der Waals surface area contributed by atoms with Gasteiger partial charge in [-0.15, -0.1) is 0 Å². The summed E-state index contributed by atoms with van der Waals surface area (Å²) in [6.07, 6.45) is 4.44. The van der Waals surface area contributed by atoms with Crippen molar-refractivity contribution in [2.45, 2.75) is 13.3 Å². The summed E-state index contributed by atoms with van der Waals surface area (Å²) in [5.41, 5.74) is 1.52. The molecule has 1 aromatic heterocycles. The Morgan fingerprint density at radius 3 is 2.56 bits per heavy atom. The van der Waals surface area contributed by atoms with Crippen LogP contribution in [-0.2, 0) is 10.0 Å². The van der Waals surface area contributed by atoms with Crippen LogP contribution < -0.4 is 4.72 Å². The predicted molar refractivity (Wildman–Crippen MR) is 73.5 cm³/mol. The zero-order valence-electron chi connectivity index (χ0n) is 10.2. The molecular weight excluding hydrogens is 248 g/mol. The van der Waals surface area contributed by atoms with Gasteiger partial charge in [0.25, 0.3) is 0 Å². The quantitative estimate of drug-likeness (QED) is 0.902. The van der Waals surface area contributed by atoms with Gasteiger partial charge in [0, 0.05) is 18.1 Å². The molecule has 0 atom stereocenters. The molecule has 0 amide bonds. The van der Waals surface area contributed by atoms with Gasteiger partial charge in [-0.3, -0.25) is 4.72 Å². The molecule has 0 radical (unpaired) electrons. The van der Waals surface area contributed by atoms with E-state index in [9.17, 15) is 8.42 Å². The summed E-state index contributed by atoms with van der Waals surface area (Å²) < 4.78 is 27.9. The summed E-state index contributed by atoms with van der Waals surface area (Å²) in [6.45, 7) is 1.84. The van der Waals surface area contributed by atoms with Crippen molar-refractivity contribution in [1.82, 2.24) is 4.57 Å². The van der Waals surface area contributed by atoms with Crippen LogP contribution in [-0.4, -0.2) is 18.7 Å². The smallest absolute Gasteiger partial charge is 0.232 e. The number of hydrogen-bond acceptors (Lipinski definition) is 2. The molecular formula is C13H16N2O2S. The Balaban J connectivity index is 2.23. The molecule has 18 heavy (non-hydrogen) atoms. The van der Waals surface area contributed by atoms with E-state index >= 15 is 0 Å². The van der Waals surface area contributed by atoms with Crippen LogP contribution in [0.15, 0.2) is 48.8 Å². The number of anilines is 1. The van der Waals surface area contributed by atoms with Crippen LogP contribution in [0.5, 0.6) is 0 Å². The molecule has 0 aliphatic heterocycles. The van der Waals surface area contributed by atoms with Gasteiger partial charge < -0.3 is 4.57 Å². The Morgan fingerprint density at radius 1 is 1.17 bits per heavy atom. The van der Waals surface area contributed by atoms with E-state index in [2.05, 4.69) is 4.72 Å². The van der Waals surface area contributed by atoms with Crippen molar-refractivity contribution < 1.29 is 8.42 Å². The second kappa shape index (κ2) is 5.27. The lowest BCUT2D eigenvalue weighted by atomic mass is 10.3. The minimum atomic E-state index is -3.23. The predicted octanol–water partition coefficient (Wildman–Crippen LogP) is 2.63. The van der Waals surface area contributed by atoms with E-state index in [1.54, 1.807) is 6.07 Å². The fraction of sp³-hybridized carbons (Fsp3) is 0.231. The highest BCUT2D eigenvalue weighted by Gasteiger charge is 2.08. The highest BCUT2D eigenvalue weighted by atomic mass is 32.2. The molecule has 1 N–H and O–H groups in total. The Morgan fingerprint density at radius 2 is 1.89 bits per heavy atom. The van der Waals surface area contributed by atoms with Crippen LogP contribution in [0.1, 0.15) is 13.3 Å². The standard InChI is InChI=1S/C13H16N2O2S/c1-2-10-18(16,17)14-12-6-5-7-13(11-12)15-8-3-4-9-15/h3-9,11,14H,2,10H2,1H3. The molecule has 4 nitrogen and oxygen atoms in total. The van der Waals surface area contributed by atoms with Gasteiger partial charge in [-0.05, 0) is 36.8 Å². The molecule has 0 aliphatic rings. The molecule has 0 fully saturated rings. The average Bonchev–Trinajstić information content (AvgIpc) is 2.81. The van der Waals surface area contributed by atoms with E-state index in [1.807, 2.05) is 54.2 Å². The van der Waals surface area contributed by atoms with Gasteiger partial charge >= 0.3 is 0 Å². The minimum absolute atomic E-state index is 0.140. The first-order chi connectivity index (χ1) is 8.61. The van der Waals surface area contributed by atoms with Crippen molar-refractivity contribution in [2.24, 2.45) is 0 Å². The summed E-state index contributed by atoms with van der Waals surface area (Å²) in [4.78, 5) is 0. The molecule has 5 heteroatoms. The zero-order valence-corrected chi connectivity index (χ0v) is 11.0. The molecule has 0 bridgehead atoms. The van der Waals surface area contributed by atoms with Crippen LogP contribution in [0.25, 0.3) is 5.69 Å². The zero-order chi connectivity index (χ0) is 13.0. The first-order valence-electron chi connectivity index (χ1n) is 5.84. The summed E-state index contributed by atoms with van der Waals surface area (Å²) >= 11 is 0. The van der Waals surface area contributed by atoms with Crippen LogP contribution in [0.2, 0.25) is 0 Å². The normalized spacial score (nSPS) is 11.4. The summed E-state index contributed by atoms with van der Waals surface area (Å²) in [7, 11) is -3.23. The third-order valence-electron chi connectivity index (χ3n) is 2.49. The maximum atomic E-state index is 11.7. The highest BCUT2D eigenvalue weighted by Crippen LogP contribution is 2.16. The Hall–Kier alpha value is -1.75. The number of hydrogen-bond donors (Lipinski definition) is 1. The van der Waals surface area contributed by atoms with E-state index in [0.717, 1.165) is 5.69 Å². The van der Waals surface area contributed by atoms with Crippen LogP contribution in [0, 0.1) is 0 Å². The van der Waals surface area contributed by atoms with Gasteiger partial charge in [0.05, 0.1) is 11.4 Å². The molecule has 0 spiro atoms. The number of nitrogens with one attached hydrogen (secondary N) is 1. The average molecular weight is 264 g/mol. The Bertz CT molecular complexity index is 604. The van der Waals surface area contributed by atoms with E-state index < -0.39 is 10.0 Å². The van der Waals surface area contributed by atoms with Crippen molar-refractivity contribution in [3.05, 3.63) is 48.8 Å². The highest BCUT2D eigenvalue weighted by molar-refractivity contribution is 7.92. The summed E-state index contributed by atoms with van der Waals surface area (Å²) in [6, 6.07) is 11.2. The molecule has 96 valence electrons. The van der Waals surface area contributed by atoms with Crippen molar-refractivity contribution >= 4 is 15.7 Å². The molecule has 1 heterocycles. The number of benzene rings is 1. The first-order valence-corrected chi connectivity index (χ1v) is 7.50. The lowest BCUT2D eigenvalue weighted by Crippen LogP contribution is -2.16. The van der Waals surface area contributed by atoms with E-state index in [0.29, 0.717) is 12.1 Å². The number of nitrogens with zero attached hydrogens (tertiary/aromatic N) is 1. The molecule has 0 saturated heterocycles. The SMILES string of the molecule is CCCS(=O)(=O)Nc1cccc(-n2cccc2)c1. The third-order valence-corrected chi connectivity index (χ3v) is 3.99. The lowest BCUT2D eigenvalue weighted by Gasteiger charge is -2.09. The molecule has 2 rings (SSSR count). The monoisotopic (exact) mass is 264 g/mol. The Labute approximate surface area is 107 Å². The van der Waals surface area contributed by atoms with E-state index in [1.165, 1.54) is 0 Å². The van der Waals surface area contributed by atoms with Gasteiger partial charge in [0.15, 0.2) is 0 Å². The molecule has 0 aliphatic carbocycles. The summed E-state index contributed by atoms with van der Waals surface area (Å²) in [5, 5.41) is 0. The van der Waals surface area contributed by atoms with Gasteiger partial charge in [0.1, 0.15) is 0 Å². The lowest BCUT2D eigenvalue weighted by molar-refractivity contribution is 0.600. The van der Waals surface area contributed by atoms with Crippen LogP contribution in [0.3, 0.4) is 0 Å². The minimum Gasteiger partial charge on any atom is -0.324 e. The second-order valence-corrected chi connectivity index (χ2v) is 5.90. The van der Waals surface area contributed by atoms with Crippen molar-refractivity contribution in [1.29, 1.82) is 0 Å². The maximum absolute atomic E-state index is 11.7. The number of rotatable bonds is 5. The van der Waals surface area contributed by atoms with Crippen molar-refractivity contribution in [3.63, 3.8) is 0 Å². The van der Waals surface area contributed by atoms with E-state index in [4.69, 9.17) is 0 Å². The number of sulfonamides is 1. The van der Waals surface area contributed by atoms with Gasteiger partial charge in [-0.25, -0.2) is 8.42 Å². The molecule has 1 aromatic carbocycles. The molecule has 0 unspecified atom stereocenters. The fourth-order valence-corrected chi connectivity index (χ4v) is 2.86. The van der Waals surface area contributed by atoms with Crippen LogP contribution in [0.4, 0.5) is 5.69 Å². The van der Waals surface area contributed by atoms with Gasteiger partial charge in [-0.2, -0.15) is 0 Å². The van der Waals surface area contributed by atoms with E-state index in [-0.39, 0.29) is 5.75 Å².